The van der Waals surface area contributed by atoms with Crippen LogP contribution in [0.5, 0.6) is 17.2 Å². The first-order valence-electron chi connectivity index (χ1n) is 8.22. The maximum absolute atomic E-state index is 12.9. The number of anilines is 1. The number of methoxy groups -OCH3 is 3. The smallest absolute Gasteiger partial charge is 0.279 e. The summed E-state index contributed by atoms with van der Waals surface area (Å²) in [6.45, 7) is -0.301. The Bertz CT molecular complexity index is 1100. The molecule has 0 fully saturated rings. The first kappa shape index (κ1) is 19.5. The van der Waals surface area contributed by atoms with Gasteiger partial charge in [-0.1, -0.05) is 11.6 Å². The van der Waals surface area contributed by atoms with E-state index in [9.17, 15) is 9.59 Å². The van der Waals surface area contributed by atoms with Gasteiger partial charge in [-0.15, -0.1) is 0 Å². The van der Waals surface area contributed by atoms with Crippen LogP contribution >= 0.6 is 11.6 Å². The highest BCUT2D eigenvalue weighted by Gasteiger charge is 2.16. The lowest BCUT2D eigenvalue weighted by Crippen LogP contribution is -2.29. The molecule has 0 aliphatic rings. The Balaban J connectivity index is 1.94. The van der Waals surface area contributed by atoms with Crippen molar-refractivity contribution in [1.82, 2.24) is 9.78 Å². The van der Waals surface area contributed by atoms with Crippen LogP contribution in [0.1, 0.15) is 0 Å². The van der Waals surface area contributed by atoms with Gasteiger partial charge in [0.15, 0.2) is 11.5 Å². The van der Waals surface area contributed by atoms with Gasteiger partial charge in [-0.05, 0) is 30.3 Å². The minimum atomic E-state index is -0.471. The average Bonchev–Trinajstić information content (AvgIpc) is 2.69. The summed E-state index contributed by atoms with van der Waals surface area (Å²) in [5, 5.41) is 8.04. The number of carbonyl (C=O) groups excluding carboxylic acids is 1. The standard InChI is InChI=1S/C19H18ClN3O5/c1-26-14-7-5-12(20)8-13(14)22-16(24)10-23-19(25)17-11(9-21-23)4-6-15(27-2)18(17)28-3/h4-9H,10H2,1-3H3,(H,22,24). The van der Waals surface area contributed by atoms with E-state index >= 15 is 0 Å². The van der Waals surface area contributed by atoms with E-state index in [0.29, 0.717) is 27.6 Å². The Morgan fingerprint density at radius 1 is 1.11 bits per heavy atom. The van der Waals surface area contributed by atoms with Gasteiger partial charge in [0.25, 0.3) is 5.56 Å². The number of aromatic nitrogens is 2. The van der Waals surface area contributed by atoms with Crippen molar-refractivity contribution in [2.75, 3.05) is 26.6 Å². The van der Waals surface area contributed by atoms with Crippen molar-refractivity contribution in [3.63, 3.8) is 0 Å². The molecule has 0 saturated heterocycles. The number of hydrogen-bond acceptors (Lipinski definition) is 6. The number of fused-ring (bicyclic) bond motifs is 1. The third-order valence-electron chi connectivity index (χ3n) is 4.09. The molecule has 28 heavy (non-hydrogen) atoms. The normalized spacial score (nSPS) is 10.6. The maximum atomic E-state index is 12.9. The van der Waals surface area contributed by atoms with Crippen molar-refractivity contribution >= 4 is 34.0 Å². The van der Waals surface area contributed by atoms with Crippen molar-refractivity contribution < 1.29 is 19.0 Å². The molecule has 3 rings (SSSR count). The number of ether oxygens (including phenoxy) is 3. The number of rotatable bonds is 6. The van der Waals surface area contributed by atoms with Crippen molar-refractivity contribution in [2.45, 2.75) is 6.54 Å². The van der Waals surface area contributed by atoms with Gasteiger partial charge in [-0.25, -0.2) is 4.68 Å². The zero-order valence-corrected chi connectivity index (χ0v) is 16.2. The quantitative estimate of drug-likeness (QED) is 0.680. The summed E-state index contributed by atoms with van der Waals surface area (Å²) in [5.74, 6) is 0.690. The van der Waals surface area contributed by atoms with Gasteiger partial charge in [-0.3, -0.25) is 9.59 Å². The number of nitrogens with one attached hydrogen (secondary N) is 1. The molecule has 0 atom stereocenters. The fraction of sp³-hybridized carbons (Fsp3) is 0.211. The number of benzene rings is 2. The predicted molar refractivity (Wildman–Crippen MR) is 106 cm³/mol. The molecule has 1 aromatic heterocycles. The SMILES string of the molecule is COc1ccc(Cl)cc1NC(=O)Cn1ncc2ccc(OC)c(OC)c2c1=O. The third-order valence-corrected chi connectivity index (χ3v) is 4.33. The van der Waals surface area contributed by atoms with Crippen molar-refractivity contribution in [3.05, 3.63) is 51.9 Å². The molecule has 2 aromatic carbocycles. The molecule has 0 radical (unpaired) electrons. The molecule has 9 heteroatoms. The Morgan fingerprint density at radius 2 is 1.82 bits per heavy atom. The van der Waals surface area contributed by atoms with Gasteiger partial charge >= 0.3 is 0 Å². The van der Waals surface area contributed by atoms with Crippen LogP contribution in [0.25, 0.3) is 10.8 Å². The monoisotopic (exact) mass is 403 g/mol. The van der Waals surface area contributed by atoms with Crippen molar-refractivity contribution in [2.24, 2.45) is 0 Å². The van der Waals surface area contributed by atoms with Crippen LogP contribution in [-0.2, 0) is 11.3 Å². The summed E-state index contributed by atoms with van der Waals surface area (Å²) < 4.78 is 16.8. The molecule has 8 nitrogen and oxygen atoms in total. The van der Waals surface area contributed by atoms with Crippen LogP contribution < -0.4 is 25.1 Å². The second-order valence-corrected chi connectivity index (χ2v) is 6.20. The zero-order valence-electron chi connectivity index (χ0n) is 15.5. The van der Waals surface area contributed by atoms with Gasteiger partial charge in [-0.2, -0.15) is 5.10 Å². The molecule has 0 aliphatic carbocycles. The lowest BCUT2D eigenvalue weighted by Gasteiger charge is -2.13. The maximum Gasteiger partial charge on any atom is 0.279 e. The third kappa shape index (κ3) is 3.72. The highest BCUT2D eigenvalue weighted by atomic mass is 35.5. The Hall–Kier alpha value is -3.26. The summed E-state index contributed by atoms with van der Waals surface area (Å²) in [4.78, 5) is 25.3. The molecule has 1 heterocycles. The van der Waals surface area contributed by atoms with Crippen molar-refractivity contribution in [3.8, 4) is 17.2 Å². The Labute approximate surface area is 165 Å². The van der Waals surface area contributed by atoms with E-state index in [0.717, 1.165) is 4.68 Å². The molecule has 1 amide bonds. The summed E-state index contributed by atoms with van der Waals surface area (Å²) >= 11 is 5.97. The van der Waals surface area contributed by atoms with E-state index in [2.05, 4.69) is 10.4 Å². The molecule has 0 bridgehead atoms. The van der Waals surface area contributed by atoms with E-state index in [1.165, 1.54) is 27.5 Å². The Morgan fingerprint density at radius 3 is 2.50 bits per heavy atom. The fourth-order valence-corrected chi connectivity index (χ4v) is 2.97. The average molecular weight is 404 g/mol. The first-order chi connectivity index (χ1) is 13.5. The van der Waals surface area contributed by atoms with E-state index in [1.54, 1.807) is 30.3 Å². The lowest BCUT2D eigenvalue weighted by molar-refractivity contribution is -0.117. The topological polar surface area (TPSA) is 91.7 Å². The highest BCUT2D eigenvalue weighted by Crippen LogP contribution is 2.32. The number of hydrogen-bond donors (Lipinski definition) is 1. The molecular weight excluding hydrogens is 386 g/mol. The van der Waals surface area contributed by atoms with Crippen LogP contribution in [0, 0.1) is 0 Å². The van der Waals surface area contributed by atoms with Crippen LogP contribution in [0.2, 0.25) is 5.02 Å². The molecular formula is C19H18ClN3O5. The molecule has 1 N–H and O–H groups in total. The van der Waals surface area contributed by atoms with Crippen LogP contribution in [-0.4, -0.2) is 37.0 Å². The summed E-state index contributed by atoms with van der Waals surface area (Å²) in [6.07, 6.45) is 1.49. The fourth-order valence-electron chi connectivity index (χ4n) is 2.80. The van der Waals surface area contributed by atoms with Gasteiger partial charge in [0.05, 0.1) is 38.6 Å². The number of amides is 1. The Kier molecular flexibility index (Phi) is 5.70. The number of halogens is 1. The summed E-state index contributed by atoms with van der Waals surface area (Å²) in [5.41, 5.74) is -0.0745. The van der Waals surface area contributed by atoms with Gasteiger partial charge in [0.1, 0.15) is 12.3 Å². The number of nitrogens with zero attached hydrogens (tertiary/aromatic N) is 2. The molecule has 0 unspecified atom stereocenters. The molecule has 0 spiro atoms. The van der Waals surface area contributed by atoms with E-state index in [1.807, 2.05) is 0 Å². The van der Waals surface area contributed by atoms with Gasteiger partial charge < -0.3 is 19.5 Å². The van der Waals surface area contributed by atoms with Gasteiger partial charge in [0, 0.05) is 10.4 Å². The van der Waals surface area contributed by atoms with Gasteiger partial charge in [0.2, 0.25) is 5.91 Å². The van der Waals surface area contributed by atoms with Crippen LogP contribution in [0.15, 0.2) is 41.3 Å². The predicted octanol–water partition coefficient (Wildman–Crippen LogP) is 2.71. The minimum Gasteiger partial charge on any atom is -0.495 e. The van der Waals surface area contributed by atoms with E-state index in [-0.39, 0.29) is 17.7 Å². The lowest BCUT2D eigenvalue weighted by atomic mass is 10.1. The van der Waals surface area contributed by atoms with E-state index in [4.69, 9.17) is 25.8 Å². The summed E-state index contributed by atoms with van der Waals surface area (Å²) in [7, 11) is 4.41. The molecule has 0 saturated carbocycles. The summed E-state index contributed by atoms with van der Waals surface area (Å²) in [6, 6.07) is 8.22. The number of carbonyl (C=O) groups is 1. The molecule has 146 valence electrons. The van der Waals surface area contributed by atoms with Crippen LogP contribution in [0.3, 0.4) is 0 Å². The highest BCUT2D eigenvalue weighted by molar-refractivity contribution is 6.31. The molecule has 3 aromatic rings. The zero-order chi connectivity index (χ0) is 20.3. The molecule has 0 aliphatic heterocycles. The second kappa shape index (κ2) is 8.18. The second-order valence-electron chi connectivity index (χ2n) is 5.77. The van der Waals surface area contributed by atoms with Crippen molar-refractivity contribution in [1.29, 1.82) is 0 Å². The largest absolute Gasteiger partial charge is 0.495 e. The van der Waals surface area contributed by atoms with E-state index < -0.39 is 11.5 Å². The minimum absolute atomic E-state index is 0.282. The van der Waals surface area contributed by atoms with Crippen LogP contribution in [0.4, 0.5) is 5.69 Å². The first-order valence-corrected chi connectivity index (χ1v) is 8.60.